The molecule has 1 heterocycles. The molecule has 318 valence electrons. The monoisotopic (exact) mass is 856 g/mol. The van der Waals surface area contributed by atoms with E-state index in [2.05, 4.69) is 284 Å². The van der Waals surface area contributed by atoms with Crippen molar-refractivity contribution in [2.75, 3.05) is 9.80 Å². The van der Waals surface area contributed by atoms with Crippen LogP contribution in [0.3, 0.4) is 0 Å². The second-order valence-electron chi connectivity index (χ2n) is 17.8. The molecule has 0 spiro atoms. The van der Waals surface area contributed by atoms with Crippen LogP contribution < -0.4 is 9.80 Å². The van der Waals surface area contributed by atoms with Crippen LogP contribution in [-0.2, 0) is 0 Å². The maximum atomic E-state index is 2.51. The van der Waals surface area contributed by atoms with Crippen LogP contribution in [0.25, 0.3) is 66.4 Å². The molecule has 1 aliphatic carbocycles. The standard InChI is InChI=1S/C65H48N2/c1-65-44-16-15-31-60(65)59-45-52(40-43-63(59)67(65)54-25-9-4-10-26-54)48-38-41-53(42-39-48)66(61-32-13-11-27-55(61)50-36-34-47(35-37-50)46-19-5-2-6-20-46)62-33-14-12-28-57(62)58-30-18-24-51-23-17-29-56(64(51)58)49-21-7-3-8-22-49/h2-45,60H,1H3. The van der Waals surface area contributed by atoms with E-state index in [-0.39, 0.29) is 11.5 Å². The molecule has 0 bridgehead atoms. The van der Waals surface area contributed by atoms with E-state index >= 15 is 0 Å². The van der Waals surface area contributed by atoms with Gasteiger partial charge in [-0.2, -0.15) is 0 Å². The summed E-state index contributed by atoms with van der Waals surface area (Å²) in [5.41, 5.74) is 18.8. The Morgan fingerprint density at radius 1 is 0.403 bits per heavy atom. The van der Waals surface area contributed by atoms with E-state index in [1.165, 1.54) is 66.7 Å². The Bertz CT molecular complexity index is 3460. The van der Waals surface area contributed by atoms with Crippen molar-refractivity contribution < 1.29 is 0 Å². The fourth-order valence-electron chi connectivity index (χ4n) is 10.7. The summed E-state index contributed by atoms with van der Waals surface area (Å²) in [7, 11) is 0. The van der Waals surface area contributed by atoms with Gasteiger partial charge in [0.05, 0.1) is 16.9 Å². The molecule has 1 aliphatic heterocycles. The first-order chi connectivity index (χ1) is 33.1. The normalized spacial score (nSPS) is 15.9. The predicted molar refractivity (Wildman–Crippen MR) is 284 cm³/mol. The molecule has 0 saturated carbocycles. The van der Waals surface area contributed by atoms with Gasteiger partial charge in [0.25, 0.3) is 0 Å². The third-order valence-electron chi connectivity index (χ3n) is 13.9. The van der Waals surface area contributed by atoms with Crippen molar-refractivity contribution in [3.05, 3.63) is 273 Å². The highest BCUT2D eigenvalue weighted by Gasteiger charge is 2.47. The van der Waals surface area contributed by atoms with Gasteiger partial charge in [-0.1, -0.05) is 218 Å². The zero-order chi connectivity index (χ0) is 44.7. The Morgan fingerprint density at radius 3 is 1.63 bits per heavy atom. The van der Waals surface area contributed by atoms with Crippen LogP contribution in [0.2, 0.25) is 0 Å². The van der Waals surface area contributed by atoms with Gasteiger partial charge in [0.2, 0.25) is 0 Å². The lowest BCUT2D eigenvalue weighted by Gasteiger charge is -2.39. The molecular formula is C65H48N2. The van der Waals surface area contributed by atoms with Crippen molar-refractivity contribution in [3.63, 3.8) is 0 Å². The smallest absolute Gasteiger partial charge is 0.0712 e. The van der Waals surface area contributed by atoms with E-state index in [1.807, 2.05) is 0 Å². The van der Waals surface area contributed by atoms with E-state index in [0.29, 0.717) is 0 Å². The van der Waals surface area contributed by atoms with Gasteiger partial charge >= 0.3 is 0 Å². The number of anilines is 5. The molecule has 67 heavy (non-hydrogen) atoms. The molecule has 0 fully saturated rings. The van der Waals surface area contributed by atoms with Crippen molar-refractivity contribution in [1.82, 2.24) is 0 Å². The molecular weight excluding hydrogens is 809 g/mol. The molecule has 0 saturated heterocycles. The van der Waals surface area contributed by atoms with Crippen LogP contribution in [0, 0.1) is 0 Å². The number of fused-ring (bicyclic) bond motifs is 4. The third kappa shape index (κ3) is 7.06. The first kappa shape index (κ1) is 40.1. The first-order valence-electron chi connectivity index (χ1n) is 23.3. The molecule has 0 amide bonds. The second-order valence-corrected chi connectivity index (χ2v) is 17.8. The van der Waals surface area contributed by atoms with Crippen molar-refractivity contribution in [2.24, 2.45) is 0 Å². The summed E-state index contributed by atoms with van der Waals surface area (Å²) in [5.74, 6) is 0.230. The van der Waals surface area contributed by atoms with Crippen molar-refractivity contribution >= 4 is 39.2 Å². The lowest BCUT2D eigenvalue weighted by molar-refractivity contribution is 0.542. The molecule has 12 rings (SSSR count). The number of rotatable bonds is 9. The summed E-state index contributed by atoms with van der Waals surface area (Å²) < 4.78 is 0. The first-order valence-corrected chi connectivity index (χ1v) is 23.3. The van der Waals surface area contributed by atoms with Crippen LogP contribution in [-0.4, -0.2) is 5.54 Å². The number of nitrogens with zero attached hydrogens (tertiary/aromatic N) is 2. The quantitative estimate of drug-likeness (QED) is 0.143. The largest absolute Gasteiger partial charge is 0.331 e. The van der Waals surface area contributed by atoms with E-state index < -0.39 is 0 Å². The van der Waals surface area contributed by atoms with E-state index in [1.54, 1.807) is 0 Å². The molecule has 10 aromatic rings. The molecule has 0 radical (unpaired) electrons. The Labute approximate surface area is 393 Å². The average Bonchev–Trinajstić information content (AvgIpc) is 3.67. The second kappa shape index (κ2) is 16.8. The molecule has 2 aliphatic rings. The van der Waals surface area contributed by atoms with Gasteiger partial charge in [0, 0.05) is 34.1 Å². The van der Waals surface area contributed by atoms with E-state index in [0.717, 1.165) is 33.8 Å². The number of allylic oxidation sites excluding steroid dienone is 2. The van der Waals surface area contributed by atoms with Crippen LogP contribution in [0.15, 0.2) is 267 Å². The zero-order valence-electron chi connectivity index (χ0n) is 37.4. The van der Waals surface area contributed by atoms with Crippen LogP contribution in [0.5, 0.6) is 0 Å². The van der Waals surface area contributed by atoms with Gasteiger partial charge in [0.15, 0.2) is 0 Å². The summed E-state index contributed by atoms with van der Waals surface area (Å²) in [4.78, 5) is 4.98. The molecule has 2 unspecified atom stereocenters. The SMILES string of the molecule is CC12C=CC=CC1c1cc(-c3ccc(N(c4ccccc4-c4ccc(-c5ccccc5)cc4)c4ccccc4-c4cccc5cccc(-c6ccccc6)c45)cc3)ccc1N2c1ccccc1. The predicted octanol–water partition coefficient (Wildman–Crippen LogP) is 17.8. The number of para-hydroxylation sites is 3. The summed E-state index contributed by atoms with van der Waals surface area (Å²) in [5, 5.41) is 2.45. The third-order valence-corrected chi connectivity index (χ3v) is 13.9. The minimum absolute atomic E-state index is 0.198. The van der Waals surface area contributed by atoms with Crippen LogP contribution in [0.4, 0.5) is 28.4 Å². The summed E-state index contributed by atoms with van der Waals surface area (Å²) in [6, 6.07) is 88.6. The number of hydrogen-bond acceptors (Lipinski definition) is 2. The summed E-state index contributed by atoms with van der Waals surface area (Å²) in [6.07, 6.45) is 9.13. The Balaban J connectivity index is 1.01. The number of benzene rings is 10. The Morgan fingerprint density at radius 2 is 0.910 bits per heavy atom. The van der Waals surface area contributed by atoms with Gasteiger partial charge < -0.3 is 9.80 Å². The summed E-state index contributed by atoms with van der Waals surface area (Å²) in [6.45, 7) is 2.36. The minimum atomic E-state index is -0.198. The maximum absolute atomic E-state index is 2.51. The van der Waals surface area contributed by atoms with Gasteiger partial charge in [-0.05, 0) is 116 Å². The van der Waals surface area contributed by atoms with Gasteiger partial charge in [-0.15, -0.1) is 0 Å². The van der Waals surface area contributed by atoms with Gasteiger partial charge in [-0.25, -0.2) is 0 Å². The fourth-order valence-corrected chi connectivity index (χ4v) is 10.7. The highest BCUT2D eigenvalue weighted by atomic mass is 15.2. The van der Waals surface area contributed by atoms with E-state index in [4.69, 9.17) is 0 Å². The van der Waals surface area contributed by atoms with Crippen LogP contribution in [0.1, 0.15) is 18.4 Å². The summed E-state index contributed by atoms with van der Waals surface area (Å²) >= 11 is 0. The minimum Gasteiger partial charge on any atom is -0.331 e. The van der Waals surface area contributed by atoms with Crippen molar-refractivity contribution in [3.8, 4) is 55.6 Å². The molecule has 10 aromatic carbocycles. The van der Waals surface area contributed by atoms with Gasteiger partial charge in [0.1, 0.15) is 0 Å². The molecule has 2 nitrogen and oxygen atoms in total. The maximum Gasteiger partial charge on any atom is 0.0712 e. The van der Waals surface area contributed by atoms with Crippen molar-refractivity contribution in [2.45, 2.75) is 18.4 Å². The van der Waals surface area contributed by atoms with Crippen LogP contribution >= 0.6 is 0 Å². The lowest BCUT2D eigenvalue weighted by Crippen LogP contribution is -2.41. The number of hydrogen-bond donors (Lipinski definition) is 0. The van der Waals surface area contributed by atoms with Gasteiger partial charge in [-0.3, -0.25) is 0 Å². The fraction of sp³-hybridized carbons (Fsp3) is 0.0462. The van der Waals surface area contributed by atoms with E-state index in [9.17, 15) is 0 Å². The Hall–Kier alpha value is -8.46. The Kier molecular flexibility index (Phi) is 10.1. The molecule has 0 N–H and O–H groups in total. The highest BCUT2D eigenvalue weighted by molar-refractivity contribution is 6.09. The lowest BCUT2D eigenvalue weighted by atomic mass is 9.80. The van der Waals surface area contributed by atoms with Crippen molar-refractivity contribution in [1.29, 1.82) is 0 Å². The molecule has 2 atom stereocenters. The zero-order valence-corrected chi connectivity index (χ0v) is 37.4. The topological polar surface area (TPSA) is 6.48 Å². The molecule has 2 heteroatoms. The molecule has 0 aromatic heterocycles. The highest BCUT2D eigenvalue weighted by Crippen LogP contribution is 2.55. The average molecular weight is 857 g/mol.